The van der Waals surface area contributed by atoms with Gasteiger partial charge in [-0.3, -0.25) is 14.3 Å². The van der Waals surface area contributed by atoms with Crippen molar-refractivity contribution >= 4 is 45.0 Å². The number of hydrogen-bond donors (Lipinski definition) is 1. The highest BCUT2D eigenvalue weighted by atomic mass is 32.2. The van der Waals surface area contributed by atoms with Gasteiger partial charge in [-0.1, -0.05) is 0 Å². The van der Waals surface area contributed by atoms with Crippen LogP contribution < -0.4 is 9.62 Å². The molecule has 2 aromatic rings. The molecule has 7 nitrogen and oxygen atoms in total. The minimum Gasteiger partial charge on any atom is -0.324 e. The van der Waals surface area contributed by atoms with Crippen molar-refractivity contribution in [2.75, 3.05) is 29.3 Å². The first-order chi connectivity index (χ1) is 12.8. The molecule has 27 heavy (non-hydrogen) atoms. The summed E-state index contributed by atoms with van der Waals surface area (Å²) in [5.41, 5.74) is 0.453. The number of carbonyl (C=O) groups is 2. The molecule has 1 fully saturated rings. The molecular weight excluding hydrogens is 405 g/mol. The van der Waals surface area contributed by atoms with E-state index < -0.39 is 35.5 Å². The van der Waals surface area contributed by atoms with Crippen molar-refractivity contribution in [3.05, 3.63) is 35.8 Å². The van der Waals surface area contributed by atoms with Crippen molar-refractivity contribution in [3.63, 3.8) is 0 Å². The number of nitrogens with one attached hydrogen (secondary N) is 1. The van der Waals surface area contributed by atoms with Crippen LogP contribution in [0.25, 0.3) is 0 Å². The largest absolute Gasteiger partial charge is 0.471 e. The minimum absolute atomic E-state index is 0.0551. The first-order valence-corrected chi connectivity index (χ1v) is 9.63. The van der Waals surface area contributed by atoms with Crippen LogP contribution in [-0.4, -0.2) is 51.7 Å². The van der Waals surface area contributed by atoms with Gasteiger partial charge in [-0.25, -0.2) is 9.19 Å². The second kappa shape index (κ2) is 7.64. The molecule has 1 atom stereocenters. The van der Waals surface area contributed by atoms with Crippen molar-refractivity contribution in [2.45, 2.75) is 11.1 Å². The Kier molecular flexibility index (Phi) is 5.46. The van der Waals surface area contributed by atoms with Crippen LogP contribution >= 0.6 is 11.3 Å². The minimum atomic E-state index is -5.00. The summed E-state index contributed by atoms with van der Waals surface area (Å²) in [6.07, 6.45) is -3.43. The molecule has 0 spiro atoms. The molecule has 2 heterocycles. The Morgan fingerprint density at radius 3 is 2.48 bits per heavy atom. The molecule has 2 amide bonds. The summed E-state index contributed by atoms with van der Waals surface area (Å²) < 4.78 is 52.4. The summed E-state index contributed by atoms with van der Waals surface area (Å²) in [6, 6.07) is 6.20. The number of benzene rings is 1. The van der Waals surface area contributed by atoms with Crippen molar-refractivity contribution in [1.29, 1.82) is 0 Å². The molecular formula is C15H13F3N4O3S2. The Balaban J connectivity index is 1.65. The fraction of sp³-hybridized carbons (Fsp3) is 0.267. The number of rotatable bonds is 4. The number of halogens is 3. The molecule has 12 heteroatoms. The van der Waals surface area contributed by atoms with Crippen LogP contribution in [0.1, 0.15) is 0 Å². The number of thiazole rings is 1. The number of piperazine rings is 1. The van der Waals surface area contributed by atoms with E-state index in [1.54, 1.807) is 35.8 Å². The molecule has 0 aliphatic carbocycles. The van der Waals surface area contributed by atoms with E-state index in [1.165, 1.54) is 16.2 Å². The summed E-state index contributed by atoms with van der Waals surface area (Å²) in [5.74, 6) is -2.64. The topological polar surface area (TPSA) is 82.6 Å². The van der Waals surface area contributed by atoms with Crippen LogP contribution in [0.4, 0.5) is 24.0 Å². The summed E-state index contributed by atoms with van der Waals surface area (Å²) in [7, 11) is -1.54. The fourth-order valence-electron chi connectivity index (χ4n) is 2.46. The van der Waals surface area contributed by atoms with Crippen molar-refractivity contribution in [3.8, 4) is 0 Å². The van der Waals surface area contributed by atoms with E-state index >= 15 is 0 Å². The standard InChI is InChI=1S/C15H13F3N4O3S2/c16-15(17,18)13(24)21-6-7-22(12(23)9-21)10-1-3-11(4-2-10)27(25)20-14-19-5-8-26-14/h1-5,8H,6-7,9H2,(H,19,20). The lowest BCUT2D eigenvalue weighted by Gasteiger charge is -2.34. The highest BCUT2D eigenvalue weighted by Gasteiger charge is 2.44. The molecule has 1 aliphatic heterocycles. The van der Waals surface area contributed by atoms with Crippen LogP contribution in [0, 0.1) is 0 Å². The second-order valence-electron chi connectivity index (χ2n) is 5.47. The van der Waals surface area contributed by atoms with Crippen molar-refractivity contribution in [1.82, 2.24) is 9.88 Å². The van der Waals surface area contributed by atoms with E-state index in [0.29, 0.717) is 20.6 Å². The molecule has 0 saturated carbocycles. The average molecular weight is 418 g/mol. The van der Waals surface area contributed by atoms with E-state index in [1.807, 2.05) is 0 Å². The van der Waals surface area contributed by atoms with Gasteiger partial charge in [0.25, 0.3) is 0 Å². The lowest BCUT2D eigenvalue weighted by molar-refractivity contribution is -0.186. The zero-order valence-corrected chi connectivity index (χ0v) is 15.2. The van der Waals surface area contributed by atoms with E-state index in [-0.39, 0.29) is 13.1 Å². The maximum absolute atomic E-state index is 12.5. The predicted octanol–water partition coefficient (Wildman–Crippen LogP) is 2.02. The molecule has 1 aliphatic rings. The normalized spacial score (nSPS) is 16.3. The molecule has 1 unspecified atom stereocenters. The van der Waals surface area contributed by atoms with Gasteiger partial charge in [-0.2, -0.15) is 13.2 Å². The van der Waals surface area contributed by atoms with Crippen molar-refractivity contribution < 1.29 is 27.0 Å². The Bertz CT molecular complexity index is 856. The molecule has 3 rings (SSSR count). The van der Waals surface area contributed by atoms with Gasteiger partial charge in [0.15, 0.2) is 16.1 Å². The number of alkyl halides is 3. The zero-order valence-electron chi connectivity index (χ0n) is 13.6. The molecule has 1 N–H and O–H groups in total. The van der Waals surface area contributed by atoms with Crippen LogP contribution in [0.15, 0.2) is 40.7 Å². The summed E-state index contributed by atoms with van der Waals surface area (Å²) >= 11 is 1.30. The first kappa shape index (κ1) is 19.3. The van der Waals surface area contributed by atoms with E-state index in [2.05, 4.69) is 9.71 Å². The second-order valence-corrected chi connectivity index (χ2v) is 7.58. The quantitative estimate of drug-likeness (QED) is 0.824. The Labute approximate surface area is 158 Å². The highest BCUT2D eigenvalue weighted by molar-refractivity contribution is 7.86. The number of anilines is 2. The van der Waals surface area contributed by atoms with Gasteiger partial charge in [0.05, 0.1) is 4.90 Å². The third kappa shape index (κ3) is 4.45. The smallest absolute Gasteiger partial charge is 0.324 e. The monoisotopic (exact) mass is 418 g/mol. The molecule has 1 saturated heterocycles. The lowest BCUT2D eigenvalue weighted by Crippen LogP contribution is -2.55. The average Bonchev–Trinajstić information content (AvgIpc) is 3.13. The van der Waals surface area contributed by atoms with E-state index in [9.17, 15) is 27.0 Å². The highest BCUT2D eigenvalue weighted by Crippen LogP contribution is 2.23. The van der Waals surface area contributed by atoms with Gasteiger partial charge in [0.2, 0.25) is 5.91 Å². The van der Waals surface area contributed by atoms with E-state index in [4.69, 9.17) is 0 Å². The maximum Gasteiger partial charge on any atom is 0.471 e. The number of carbonyl (C=O) groups excluding carboxylic acids is 2. The summed E-state index contributed by atoms with van der Waals surface area (Å²) in [6.45, 7) is -0.915. The number of amides is 2. The maximum atomic E-state index is 12.5. The van der Waals surface area contributed by atoms with Crippen LogP contribution in [0.3, 0.4) is 0 Å². The van der Waals surface area contributed by atoms with Crippen LogP contribution in [-0.2, 0) is 20.6 Å². The van der Waals surface area contributed by atoms with Gasteiger partial charge in [0, 0.05) is 30.4 Å². The molecule has 144 valence electrons. The number of aromatic nitrogens is 1. The van der Waals surface area contributed by atoms with Gasteiger partial charge in [-0.05, 0) is 24.3 Å². The number of nitrogens with zero attached hydrogens (tertiary/aromatic N) is 3. The van der Waals surface area contributed by atoms with Gasteiger partial charge >= 0.3 is 12.1 Å². The van der Waals surface area contributed by atoms with Crippen molar-refractivity contribution in [2.24, 2.45) is 0 Å². The molecule has 0 bridgehead atoms. The molecule has 1 aromatic heterocycles. The predicted molar refractivity (Wildman–Crippen MR) is 93.6 cm³/mol. The molecule has 0 radical (unpaired) electrons. The Morgan fingerprint density at radius 2 is 1.93 bits per heavy atom. The SMILES string of the molecule is O=C1CN(C(=O)C(F)(F)F)CCN1c1ccc(S(=O)Nc2nccs2)cc1. The van der Waals surface area contributed by atoms with Crippen LogP contribution in [0.5, 0.6) is 0 Å². The van der Waals surface area contributed by atoms with E-state index in [0.717, 1.165) is 0 Å². The first-order valence-electron chi connectivity index (χ1n) is 7.60. The lowest BCUT2D eigenvalue weighted by atomic mass is 10.2. The fourth-order valence-corrected chi connectivity index (χ4v) is 3.96. The van der Waals surface area contributed by atoms with Gasteiger partial charge in [0.1, 0.15) is 6.54 Å². The third-order valence-corrected chi connectivity index (χ3v) is 5.62. The van der Waals surface area contributed by atoms with Crippen LogP contribution in [0.2, 0.25) is 0 Å². The van der Waals surface area contributed by atoms with Gasteiger partial charge in [-0.15, -0.1) is 11.3 Å². The third-order valence-electron chi connectivity index (χ3n) is 3.73. The summed E-state index contributed by atoms with van der Waals surface area (Å²) in [5, 5.41) is 2.23. The number of hydrogen-bond acceptors (Lipinski definition) is 5. The summed E-state index contributed by atoms with van der Waals surface area (Å²) in [4.78, 5) is 29.6. The Hall–Kier alpha value is -2.47. The van der Waals surface area contributed by atoms with Gasteiger partial charge < -0.3 is 9.80 Å². The zero-order chi connectivity index (χ0) is 19.6. The Morgan fingerprint density at radius 1 is 1.22 bits per heavy atom. The molecule has 1 aromatic carbocycles.